The molecule has 0 spiro atoms. The summed E-state index contributed by atoms with van der Waals surface area (Å²) in [6.07, 6.45) is 5.34. The minimum absolute atomic E-state index is 0.0383. The molecule has 180 valence electrons. The Hall–Kier alpha value is -1.47. The number of aliphatic hydroxyl groups is 2. The van der Waals surface area contributed by atoms with E-state index < -0.39 is 35.5 Å². The minimum atomic E-state index is -1.58. The van der Waals surface area contributed by atoms with E-state index in [-0.39, 0.29) is 35.2 Å². The summed E-state index contributed by atoms with van der Waals surface area (Å²) in [4.78, 5) is 35.6. The largest absolute Gasteiger partial charge is 0.463 e. The Morgan fingerprint density at radius 2 is 1.72 bits per heavy atom. The summed E-state index contributed by atoms with van der Waals surface area (Å²) >= 11 is 0. The fourth-order valence-electron chi connectivity index (χ4n) is 8.44. The number of rotatable bonds is 4. The first-order valence-electron chi connectivity index (χ1n) is 12.2. The number of carbonyl (C=O) groups is 3. The first-order chi connectivity index (χ1) is 14.9. The number of aliphatic hydroxyl groups excluding tert-OH is 1. The Bertz CT molecular complexity index is 795. The second-order valence-electron chi connectivity index (χ2n) is 11.4. The number of hydrogen-bond donors (Lipinski definition) is 2. The first kappa shape index (κ1) is 23.7. The molecule has 0 amide bonds. The van der Waals surface area contributed by atoms with Gasteiger partial charge in [-0.15, -0.1) is 0 Å². The Morgan fingerprint density at radius 3 is 2.38 bits per heavy atom. The fraction of sp³-hybridized carbons (Fsp3) is 0.880. The molecule has 4 aliphatic rings. The highest BCUT2D eigenvalue weighted by atomic mass is 16.5. The molecule has 7 heteroatoms. The summed E-state index contributed by atoms with van der Waals surface area (Å²) < 4.78 is 10.4. The molecule has 0 saturated heterocycles. The van der Waals surface area contributed by atoms with Crippen molar-refractivity contribution in [2.75, 3.05) is 6.61 Å². The Morgan fingerprint density at radius 1 is 1.00 bits per heavy atom. The molecule has 0 aromatic heterocycles. The van der Waals surface area contributed by atoms with Crippen molar-refractivity contribution in [3.63, 3.8) is 0 Å². The molecule has 0 aromatic carbocycles. The maximum absolute atomic E-state index is 13.0. The van der Waals surface area contributed by atoms with E-state index in [9.17, 15) is 24.6 Å². The van der Waals surface area contributed by atoms with Crippen LogP contribution in [0.2, 0.25) is 0 Å². The SMILES string of the molecule is CC(=O)OCC(=O)[C@@]1(O)CCC2C3CC[C@@H]4C[C@H](OC(C)=O)CC[C@]4(C)C3C(O)C[C@@]21C. The number of esters is 2. The lowest BCUT2D eigenvalue weighted by molar-refractivity contribution is -0.205. The van der Waals surface area contributed by atoms with E-state index in [2.05, 4.69) is 6.92 Å². The molecular weight excluding hydrogens is 412 g/mol. The van der Waals surface area contributed by atoms with Gasteiger partial charge in [-0.1, -0.05) is 13.8 Å². The van der Waals surface area contributed by atoms with Crippen molar-refractivity contribution in [2.24, 2.45) is 34.5 Å². The van der Waals surface area contributed by atoms with Gasteiger partial charge in [0.2, 0.25) is 5.78 Å². The summed E-state index contributed by atoms with van der Waals surface area (Å²) in [5.41, 5.74) is -2.35. The van der Waals surface area contributed by atoms with Crippen LogP contribution in [-0.2, 0) is 23.9 Å². The van der Waals surface area contributed by atoms with Gasteiger partial charge in [0.25, 0.3) is 0 Å². The Kier molecular flexibility index (Phi) is 5.98. The molecule has 4 fully saturated rings. The average Bonchev–Trinajstić information content (AvgIpc) is 2.97. The van der Waals surface area contributed by atoms with Crippen LogP contribution in [0.1, 0.15) is 79.1 Å². The van der Waals surface area contributed by atoms with Crippen molar-refractivity contribution in [2.45, 2.75) is 96.9 Å². The maximum Gasteiger partial charge on any atom is 0.303 e. The number of hydrogen-bond acceptors (Lipinski definition) is 7. The quantitative estimate of drug-likeness (QED) is 0.634. The number of Topliss-reactive ketones (excluding diaryl/α,β-unsaturated/α-hetero) is 1. The van der Waals surface area contributed by atoms with Gasteiger partial charge in [0.05, 0.1) is 6.10 Å². The predicted molar refractivity (Wildman–Crippen MR) is 115 cm³/mol. The third kappa shape index (κ3) is 3.51. The first-order valence-corrected chi connectivity index (χ1v) is 12.2. The van der Waals surface area contributed by atoms with Crippen molar-refractivity contribution in [1.29, 1.82) is 0 Å². The maximum atomic E-state index is 13.0. The van der Waals surface area contributed by atoms with Crippen LogP contribution in [0.5, 0.6) is 0 Å². The van der Waals surface area contributed by atoms with Crippen LogP contribution in [0.25, 0.3) is 0 Å². The molecule has 4 saturated carbocycles. The van der Waals surface area contributed by atoms with Gasteiger partial charge in [-0.3, -0.25) is 14.4 Å². The summed E-state index contributed by atoms with van der Waals surface area (Å²) in [5, 5.41) is 23.0. The average molecular weight is 451 g/mol. The molecular formula is C25H38O7. The van der Waals surface area contributed by atoms with Crippen LogP contribution >= 0.6 is 0 Å². The van der Waals surface area contributed by atoms with Crippen LogP contribution in [0.4, 0.5) is 0 Å². The number of carbonyl (C=O) groups excluding carboxylic acids is 3. The molecule has 4 rings (SSSR count). The fourth-order valence-corrected chi connectivity index (χ4v) is 8.44. The molecule has 0 aliphatic heterocycles. The van der Waals surface area contributed by atoms with E-state index in [1.165, 1.54) is 13.8 Å². The van der Waals surface area contributed by atoms with Crippen LogP contribution in [0.3, 0.4) is 0 Å². The lowest BCUT2D eigenvalue weighted by Crippen LogP contribution is -2.63. The van der Waals surface area contributed by atoms with Crippen molar-refractivity contribution in [3.05, 3.63) is 0 Å². The van der Waals surface area contributed by atoms with Gasteiger partial charge in [0.1, 0.15) is 11.7 Å². The van der Waals surface area contributed by atoms with Gasteiger partial charge in [-0.2, -0.15) is 0 Å². The highest BCUT2D eigenvalue weighted by molar-refractivity contribution is 5.91. The Balaban J connectivity index is 1.57. The molecule has 0 radical (unpaired) electrons. The topological polar surface area (TPSA) is 110 Å². The summed E-state index contributed by atoms with van der Waals surface area (Å²) in [6, 6.07) is 0. The molecule has 4 aliphatic carbocycles. The number of ketones is 1. The minimum Gasteiger partial charge on any atom is -0.463 e. The molecule has 7 nitrogen and oxygen atoms in total. The van der Waals surface area contributed by atoms with Crippen LogP contribution < -0.4 is 0 Å². The monoisotopic (exact) mass is 450 g/mol. The molecule has 4 unspecified atom stereocenters. The highest BCUT2D eigenvalue weighted by Gasteiger charge is 2.68. The van der Waals surface area contributed by atoms with Gasteiger partial charge in [-0.05, 0) is 80.5 Å². The van der Waals surface area contributed by atoms with Crippen LogP contribution in [0.15, 0.2) is 0 Å². The van der Waals surface area contributed by atoms with Gasteiger partial charge >= 0.3 is 11.9 Å². The summed E-state index contributed by atoms with van der Waals surface area (Å²) in [5.74, 6) is -0.331. The van der Waals surface area contributed by atoms with Crippen LogP contribution in [0, 0.1) is 34.5 Å². The zero-order valence-corrected chi connectivity index (χ0v) is 19.8. The van der Waals surface area contributed by atoms with Gasteiger partial charge in [-0.25, -0.2) is 0 Å². The summed E-state index contributed by atoms with van der Waals surface area (Å²) in [6.45, 7) is 6.52. The smallest absolute Gasteiger partial charge is 0.303 e. The van der Waals surface area contributed by atoms with Crippen molar-refractivity contribution in [1.82, 2.24) is 0 Å². The van der Waals surface area contributed by atoms with Gasteiger partial charge < -0.3 is 19.7 Å². The normalized spacial score (nSPS) is 47.6. The van der Waals surface area contributed by atoms with Gasteiger partial charge in [0.15, 0.2) is 6.61 Å². The van der Waals surface area contributed by atoms with E-state index in [1.54, 1.807) is 0 Å². The zero-order valence-electron chi connectivity index (χ0n) is 19.8. The predicted octanol–water partition coefficient (Wildman–Crippen LogP) is 2.79. The van der Waals surface area contributed by atoms with E-state index >= 15 is 0 Å². The lowest BCUT2D eigenvalue weighted by atomic mass is 9.43. The summed E-state index contributed by atoms with van der Waals surface area (Å²) in [7, 11) is 0. The van der Waals surface area contributed by atoms with Crippen LogP contribution in [-0.4, -0.2) is 52.4 Å². The van der Waals surface area contributed by atoms with Crippen molar-refractivity contribution >= 4 is 17.7 Å². The number of fused-ring (bicyclic) bond motifs is 5. The zero-order chi connectivity index (χ0) is 23.5. The molecule has 2 N–H and O–H groups in total. The van der Waals surface area contributed by atoms with Crippen molar-refractivity contribution in [3.8, 4) is 0 Å². The standard InChI is InChI=1S/C25H38O7/c1-14(26)31-13-21(29)25(30)10-8-19-18-6-5-16-11-17(32-15(2)27)7-9-23(16,3)22(18)20(28)12-24(19,25)4/h16-20,22,28,30H,5-13H2,1-4H3/t16-,17-,18?,19?,20?,22?,23+,24+,25+/m1/s1. The lowest BCUT2D eigenvalue weighted by Gasteiger charge is -2.62. The van der Waals surface area contributed by atoms with Gasteiger partial charge in [0, 0.05) is 19.3 Å². The number of ether oxygens (including phenoxy) is 2. The molecule has 9 atom stereocenters. The van der Waals surface area contributed by atoms with E-state index in [4.69, 9.17) is 9.47 Å². The molecule has 0 heterocycles. The second-order valence-corrected chi connectivity index (χ2v) is 11.4. The Labute approximate surface area is 190 Å². The van der Waals surface area contributed by atoms with Crippen molar-refractivity contribution < 1.29 is 34.1 Å². The molecule has 0 aromatic rings. The van der Waals surface area contributed by atoms with E-state index in [0.717, 1.165) is 38.5 Å². The molecule has 0 bridgehead atoms. The molecule has 32 heavy (non-hydrogen) atoms. The highest BCUT2D eigenvalue weighted by Crippen LogP contribution is 2.68. The van der Waals surface area contributed by atoms with E-state index in [0.29, 0.717) is 18.8 Å². The second kappa shape index (κ2) is 8.08. The van der Waals surface area contributed by atoms with E-state index in [1.807, 2.05) is 6.92 Å². The third-order valence-corrected chi connectivity index (χ3v) is 9.90. The third-order valence-electron chi connectivity index (χ3n) is 9.90.